The molecule has 59 heavy (non-hydrogen) atoms. The Balaban J connectivity index is 4.27. The molecule has 0 aromatic carbocycles. The third-order valence-corrected chi connectivity index (χ3v) is 11.7. The largest absolute Gasteiger partial charge is 0.472 e. The van der Waals surface area contributed by atoms with Crippen LogP contribution in [0.25, 0.3) is 0 Å². The van der Waals surface area contributed by atoms with Gasteiger partial charge >= 0.3 is 19.8 Å². The predicted octanol–water partition coefficient (Wildman–Crippen LogP) is 14.3. The number of carbonyl (C=O) groups excluding carboxylic acids is 2. The van der Waals surface area contributed by atoms with Crippen LogP contribution in [-0.2, 0) is 32.7 Å². The highest BCUT2D eigenvalue weighted by Gasteiger charge is 2.27. The lowest BCUT2D eigenvalue weighted by Gasteiger charge is -2.24. The summed E-state index contributed by atoms with van der Waals surface area (Å²) in [4.78, 5) is 35.4. The van der Waals surface area contributed by atoms with Crippen molar-refractivity contribution in [2.24, 2.45) is 0 Å². The Kier molecular flexibility index (Phi) is 40.8. The van der Waals surface area contributed by atoms with E-state index < -0.39 is 26.5 Å². The average molecular weight is 857 g/mol. The molecule has 0 aliphatic heterocycles. The first kappa shape index (κ1) is 57.5. The molecule has 0 aliphatic rings. The van der Waals surface area contributed by atoms with Crippen molar-refractivity contribution in [3.63, 3.8) is 0 Å². The number of hydrogen-bond acceptors (Lipinski definition) is 7. The molecule has 0 rings (SSSR count). The first-order valence-electron chi connectivity index (χ1n) is 24.6. The molecule has 0 aromatic rings. The maximum Gasteiger partial charge on any atom is 0.472 e. The van der Waals surface area contributed by atoms with Crippen molar-refractivity contribution in [1.29, 1.82) is 0 Å². The van der Waals surface area contributed by atoms with E-state index in [0.717, 1.165) is 44.9 Å². The molecule has 1 unspecified atom stereocenters. The van der Waals surface area contributed by atoms with Gasteiger partial charge in [-0.15, -0.1) is 0 Å². The van der Waals surface area contributed by atoms with E-state index in [2.05, 4.69) is 38.2 Å². The lowest BCUT2D eigenvalue weighted by atomic mass is 10.0. The van der Waals surface area contributed by atoms with Crippen molar-refractivity contribution in [2.75, 3.05) is 47.5 Å². The zero-order chi connectivity index (χ0) is 43.6. The topological polar surface area (TPSA) is 108 Å². The van der Waals surface area contributed by atoms with Crippen LogP contribution in [-0.4, -0.2) is 74.9 Å². The van der Waals surface area contributed by atoms with Gasteiger partial charge in [0.15, 0.2) is 6.10 Å². The maximum atomic E-state index is 12.7. The zero-order valence-corrected chi connectivity index (χ0v) is 40.1. The van der Waals surface area contributed by atoms with Gasteiger partial charge in [0.1, 0.15) is 19.8 Å². The molecule has 0 amide bonds. The minimum Gasteiger partial charge on any atom is -0.462 e. The number of quaternary nitrogens is 1. The van der Waals surface area contributed by atoms with Crippen LogP contribution in [0.1, 0.15) is 226 Å². The van der Waals surface area contributed by atoms with Crippen LogP contribution in [0, 0.1) is 0 Å². The Labute approximate surface area is 364 Å². The molecule has 0 aliphatic carbocycles. The van der Waals surface area contributed by atoms with Gasteiger partial charge in [0.25, 0.3) is 0 Å². The lowest BCUT2D eigenvalue weighted by molar-refractivity contribution is -0.870. The summed E-state index contributed by atoms with van der Waals surface area (Å²) in [5, 5.41) is 0. The molecule has 9 nitrogen and oxygen atoms in total. The van der Waals surface area contributed by atoms with Crippen LogP contribution < -0.4 is 0 Å². The Hall–Kier alpha value is -1.51. The Bertz CT molecular complexity index is 1060. The van der Waals surface area contributed by atoms with Crippen LogP contribution in [0.3, 0.4) is 0 Å². The second-order valence-electron chi connectivity index (χ2n) is 17.8. The summed E-state index contributed by atoms with van der Waals surface area (Å²) >= 11 is 0. The van der Waals surface area contributed by atoms with Gasteiger partial charge in [0, 0.05) is 12.8 Å². The molecule has 0 saturated carbocycles. The molecule has 0 bridgehead atoms. The number of nitrogens with zero attached hydrogens (tertiary/aromatic N) is 1. The van der Waals surface area contributed by atoms with E-state index >= 15 is 0 Å². The van der Waals surface area contributed by atoms with Crippen molar-refractivity contribution in [1.82, 2.24) is 0 Å². The van der Waals surface area contributed by atoms with Crippen LogP contribution in [0.2, 0.25) is 0 Å². The number of esters is 2. The summed E-state index contributed by atoms with van der Waals surface area (Å²) in [6, 6.07) is 0. The van der Waals surface area contributed by atoms with Gasteiger partial charge in [-0.1, -0.05) is 192 Å². The molecular formula is C49H95NO8P+. The highest BCUT2D eigenvalue weighted by Crippen LogP contribution is 2.43. The number of allylic oxidation sites excluding steroid dienone is 4. The number of unbranched alkanes of at least 4 members (excludes halogenated alkanes) is 27. The summed E-state index contributed by atoms with van der Waals surface area (Å²) in [6.45, 7) is 4.40. The fourth-order valence-corrected chi connectivity index (χ4v) is 7.60. The van der Waals surface area contributed by atoms with Crippen molar-refractivity contribution in [2.45, 2.75) is 232 Å². The van der Waals surface area contributed by atoms with E-state index in [0.29, 0.717) is 17.4 Å². The van der Waals surface area contributed by atoms with E-state index in [1.165, 1.54) is 148 Å². The smallest absolute Gasteiger partial charge is 0.462 e. The number of ether oxygens (including phenoxy) is 2. The molecule has 10 heteroatoms. The molecule has 2 atom stereocenters. The number of carbonyl (C=O) groups is 2. The average Bonchev–Trinajstić information content (AvgIpc) is 3.19. The SMILES string of the molecule is CCCCCCCCCCCCCCCC/C=C/CC/C=C/CCCC(=O)O[C@H](COC(=O)CCCCCCCCCCCCCC)COP(=O)(O)OCC[N+](C)(C)C. The fraction of sp³-hybridized carbons (Fsp3) is 0.878. The van der Waals surface area contributed by atoms with Crippen LogP contribution in [0.4, 0.5) is 0 Å². The number of rotatable bonds is 45. The molecule has 0 saturated heterocycles. The Morgan fingerprint density at radius 3 is 1.36 bits per heavy atom. The second-order valence-corrected chi connectivity index (χ2v) is 19.3. The minimum atomic E-state index is -4.38. The summed E-state index contributed by atoms with van der Waals surface area (Å²) in [5.74, 6) is -0.839. The summed E-state index contributed by atoms with van der Waals surface area (Å²) in [5.41, 5.74) is 0. The molecule has 348 valence electrons. The van der Waals surface area contributed by atoms with Gasteiger partial charge in [0.2, 0.25) is 0 Å². The quantitative estimate of drug-likeness (QED) is 0.0212. The Morgan fingerprint density at radius 1 is 0.508 bits per heavy atom. The van der Waals surface area contributed by atoms with Crippen molar-refractivity contribution >= 4 is 19.8 Å². The summed E-state index contributed by atoms with van der Waals surface area (Å²) < 4.78 is 34.3. The first-order valence-corrected chi connectivity index (χ1v) is 26.1. The Morgan fingerprint density at radius 2 is 0.898 bits per heavy atom. The summed E-state index contributed by atoms with van der Waals surface area (Å²) in [6.07, 6.45) is 46.8. The molecule has 0 radical (unpaired) electrons. The van der Waals surface area contributed by atoms with E-state index in [1.807, 2.05) is 21.1 Å². The van der Waals surface area contributed by atoms with Crippen LogP contribution in [0.5, 0.6) is 0 Å². The van der Waals surface area contributed by atoms with Crippen molar-refractivity contribution in [3.05, 3.63) is 24.3 Å². The third-order valence-electron chi connectivity index (χ3n) is 10.7. The molecule has 0 heterocycles. The molecule has 0 aromatic heterocycles. The van der Waals surface area contributed by atoms with E-state index in [9.17, 15) is 19.0 Å². The minimum absolute atomic E-state index is 0.0269. The van der Waals surface area contributed by atoms with Gasteiger partial charge in [-0.3, -0.25) is 18.6 Å². The molecule has 0 spiro atoms. The van der Waals surface area contributed by atoms with Crippen molar-refractivity contribution < 1.29 is 42.1 Å². The van der Waals surface area contributed by atoms with Gasteiger partial charge in [-0.25, -0.2) is 4.57 Å². The highest BCUT2D eigenvalue weighted by molar-refractivity contribution is 7.47. The molecule has 1 N–H and O–H groups in total. The van der Waals surface area contributed by atoms with Crippen molar-refractivity contribution in [3.8, 4) is 0 Å². The predicted molar refractivity (Wildman–Crippen MR) is 247 cm³/mol. The van der Waals surface area contributed by atoms with Crippen LogP contribution >= 0.6 is 7.82 Å². The van der Waals surface area contributed by atoms with Gasteiger partial charge in [-0.2, -0.15) is 0 Å². The second kappa shape index (κ2) is 41.8. The third kappa shape index (κ3) is 45.8. The summed E-state index contributed by atoms with van der Waals surface area (Å²) in [7, 11) is 1.46. The van der Waals surface area contributed by atoms with Gasteiger partial charge in [0.05, 0.1) is 27.7 Å². The van der Waals surface area contributed by atoms with E-state index in [-0.39, 0.29) is 32.0 Å². The van der Waals surface area contributed by atoms with E-state index in [4.69, 9.17) is 18.5 Å². The zero-order valence-electron chi connectivity index (χ0n) is 39.2. The number of hydrogen-bond donors (Lipinski definition) is 1. The van der Waals surface area contributed by atoms with Crippen LogP contribution in [0.15, 0.2) is 24.3 Å². The number of likely N-dealkylation sites (N-methyl/N-ethyl adjacent to an activating group) is 1. The normalized spacial score (nSPS) is 13.7. The lowest BCUT2D eigenvalue weighted by Crippen LogP contribution is -2.37. The van der Waals surface area contributed by atoms with Gasteiger partial charge in [-0.05, 0) is 44.9 Å². The molecular weight excluding hydrogens is 762 g/mol. The first-order chi connectivity index (χ1) is 28.5. The monoisotopic (exact) mass is 857 g/mol. The number of phosphoric ester groups is 1. The number of phosphoric acid groups is 1. The highest BCUT2D eigenvalue weighted by atomic mass is 31.2. The maximum absolute atomic E-state index is 12.7. The molecule has 0 fully saturated rings. The van der Waals surface area contributed by atoms with E-state index in [1.54, 1.807) is 0 Å². The fourth-order valence-electron chi connectivity index (χ4n) is 6.86. The standard InChI is InChI=1S/C49H94NO8P/c1-6-8-10-12-14-16-18-20-21-22-23-24-25-26-27-28-29-30-32-34-36-38-40-42-49(52)58-47(46-57-59(53,54)56-44-43-50(3,4)5)45-55-48(51)41-39-37-35-33-31-19-17-15-13-11-9-7-2/h28-29,34,36,47H,6-27,30-33,35,37-46H2,1-5H3/p+1/b29-28+,36-34+/t47-/m1/s1. The van der Waals surface area contributed by atoms with Gasteiger partial charge < -0.3 is 18.9 Å².